The lowest BCUT2D eigenvalue weighted by atomic mass is 10.1. The van der Waals surface area contributed by atoms with Gasteiger partial charge in [0, 0.05) is 24.5 Å². The van der Waals surface area contributed by atoms with Crippen molar-refractivity contribution in [1.29, 1.82) is 0 Å². The van der Waals surface area contributed by atoms with E-state index in [4.69, 9.17) is 0 Å². The Morgan fingerprint density at radius 1 is 1.26 bits per heavy atom. The van der Waals surface area contributed by atoms with E-state index in [0.717, 1.165) is 17.8 Å². The fourth-order valence-electron chi connectivity index (χ4n) is 1.99. The van der Waals surface area contributed by atoms with Crippen molar-refractivity contribution in [2.75, 3.05) is 0 Å². The molecule has 0 saturated heterocycles. The minimum atomic E-state index is -0.306. The molecule has 0 radical (unpaired) electrons. The van der Waals surface area contributed by atoms with Gasteiger partial charge in [-0.1, -0.05) is 30.3 Å². The van der Waals surface area contributed by atoms with Crippen molar-refractivity contribution >= 4 is 6.08 Å². The normalized spacial score (nSPS) is 11.5. The molecule has 0 bridgehead atoms. The van der Waals surface area contributed by atoms with Crippen LogP contribution in [0.15, 0.2) is 54.4 Å². The molecule has 1 heterocycles. The van der Waals surface area contributed by atoms with Crippen LogP contribution in [0, 0.1) is 10.1 Å². The van der Waals surface area contributed by atoms with Crippen LogP contribution in [0.4, 0.5) is 0 Å². The zero-order valence-electron chi connectivity index (χ0n) is 10.8. The van der Waals surface area contributed by atoms with Gasteiger partial charge in [-0.2, -0.15) is 0 Å². The molecule has 2 rings (SSSR count). The number of benzene rings is 1. The van der Waals surface area contributed by atoms with Crippen molar-refractivity contribution in [3.8, 4) is 0 Å². The number of aromatic nitrogens is 1. The summed E-state index contributed by atoms with van der Waals surface area (Å²) in [6.07, 6.45) is 3.91. The fourth-order valence-corrected chi connectivity index (χ4v) is 1.99. The van der Waals surface area contributed by atoms with Gasteiger partial charge >= 0.3 is 0 Å². The van der Waals surface area contributed by atoms with E-state index < -0.39 is 0 Å². The summed E-state index contributed by atoms with van der Waals surface area (Å²) in [6, 6.07) is 13.3. The maximum atomic E-state index is 11.2. The third-order valence-electron chi connectivity index (χ3n) is 2.98. The lowest BCUT2D eigenvalue weighted by Gasteiger charge is -2.03. The first-order chi connectivity index (χ1) is 9.20. The van der Waals surface area contributed by atoms with Gasteiger partial charge in [-0.25, -0.2) is 0 Å². The molecule has 1 aromatic carbocycles. The summed E-state index contributed by atoms with van der Waals surface area (Å²) in [6.45, 7) is 2.82. The molecule has 4 heteroatoms. The predicted octanol–water partition coefficient (Wildman–Crippen LogP) is 3.37. The van der Waals surface area contributed by atoms with E-state index in [1.165, 1.54) is 0 Å². The van der Waals surface area contributed by atoms with Crippen LogP contribution >= 0.6 is 0 Å². The zero-order chi connectivity index (χ0) is 13.7. The second-order valence-corrected chi connectivity index (χ2v) is 4.27. The van der Waals surface area contributed by atoms with Gasteiger partial charge in [0.2, 0.25) is 0 Å². The smallest absolute Gasteiger partial charge is 0.252 e. The molecule has 0 fully saturated rings. The standard InChI is InChI=1S/C15H16N2O2/c1-2-16-10-6-9-14(16)12-15(17(18)19)11-13-7-4-3-5-8-13/h3-10,12H,2,11H2,1H3. The van der Waals surface area contributed by atoms with E-state index in [1.54, 1.807) is 6.08 Å². The Hall–Kier alpha value is -2.36. The Morgan fingerprint density at radius 2 is 2.00 bits per heavy atom. The van der Waals surface area contributed by atoms with Crippen LogP contribution in [0.2, 0.25) is 0 Å². The van der Waals surface area contributed by atoms with Crippen molar-refractivity contribution < 1.29 is 4.92 Å². The molecule has 0 aliphatic carbocycles. The second kappa shape index (κ2) is 6.00. The maximum Gasteiger partial charge on any atom is 0.252 e. The van der Waals surface area contributed by atoms with E-state index >= 15 is 0 Å². The fraction of sp³-hybridized carbons (Fsp3) is 0.200. The molecule has 0 N–H and O–H groups in total. The molecule has 1 aromatic heterocycles. The minimum absolute atomic E-state index is 0.208. The monoisotopic (exact) mass is 256 g/mol. The molecule has 4 nitrogen and oxygen atoms in total. The van der Waals surface area contributed by atoms with Crippen LogP contribution < -0.4 is 0 Å². The van der Waals surface area contributed by atoms with Gasteiger partial charge in [0.15, 0.2) is 0 Å². The lowest BCUT2D eigenvalue weighted by Crippen LogP contribution is -2.04. The second-order valence-electron chi connectivity index (χ2n) is 4.27. The number of allylic oxidation sites excluding steroid dienone is 1. The van der Waals surface area contributed by atoms with Crippen molar-refractivity contribution in [3.63, 3.8) is 0 Å². The zero-order valence-corrected chi connectivity index (χ0v) is 10.8. The molecule has 0 atom stereocenters. The van der Waals surface area contributed by atoms with Crippen LogP contribution in [0.25, 0.3) is 6.08 Å². The van der Waals surface area contributed by atoms with E-state index in [1.807, 2.05) is 60.2 Å². The average molecular weight is 256 g/mol. The van der Waals surface area contributed by atoms with E-state index in [9.17, 15) is 10.1 Å². The number of nitro groups is 1. The molecule has 0 saturated carbocycles. The Labute approximate surface area is 112 Å². The highest BCUT2D eigenvalue weighted by Crippen LogP contribution is 2.14. The van der Waals surface area contributed by atoms with Crippen molar-refractivity contribution in [2.24, 2.45) is 0 Å². The predicted molar refractivity (Wildman–Crippen MR) is 75.2 cm³/mol. The number of aryl methyl sites for hydroxylation is 1. The summed E-state index contributed by atoms with van der Waals surface area (Å²) in [5.74, 6) is 0. The average Bonchev–Trinajstić information content (AvgIpc) is 2.86. The van der Waals surface area contributed by atoms with Gasteiger partial charge in [0.05, 0.1) is 11.3 Å². The van der Waals surface area contributed by atoms with Crippen molar-refractivity contribution in [1.82, 2.24) is 4.57 Å². The largest absolute Gasteiger partial charge is 0.348 e. The van der Waals surface area contributed by atoms with Crippen LogP contribution in [0.3, 0.4) is 0 Å². The first kappa shape index (κ1) is 13.1. The SMILES string of the molecule is CCn1cccc1C=C(Cc1ccccc1)[N+](=O)[O-]. The van der Waals surface area contributed by atoms with Gasteiger partial charge in [-0.15, -0.1) is 0 Å². The van der Waals surface area contributed by atoms with E-state index in [-0.39, 0.29) is 10.6 Å². The molecule has 2 aromatic rings. The summed E-state index contributed by atoms with van der Waals surface area (Å²) in [7, 11) is 0. The third kappa shape index (κ3) is 3.31. The summed E-state index contributed by atoms with van der Waals surface area (Å²) in [4.78, 5) is 10.9. The third-order valence-corrected chi connectivity index (χ3v) is 2.98. The van der Waals surface area contributed by atoms with Crippen LogP contribution in [0.5, 0.6) is 0 Å². The number of hydrogen-bond acceptors (Lipinski definition) is 2. The highest BCUT2D eigenvalue weighted by molar-refractivity contribution is 5.48. The maximum absolute atomic E-state index is 11.2. The van der Waals surface area contributed by atoms with Crippen LogP contribution in [0.1, 0.15) is 18.2 Å². The van der Waals surface area contributed by atoms with Crippen molar-refractivity contribution in [3.05, 3.63) is 75.7 Å². The Bertz CT molecular complexity index is 585. The molecule has 19 heavy (non-hydrogen) atoms. The minimum Gasteiger partial charge on any atom is -0.348 e. The number of rotatable bonds is 5. The quantitative estimate of drug-likeness (QED) is 0.608. The van der Waals surface area contributed by atoms with E-state index in [2.05, 4.69) is 0 Å². The van der Waals surface area contributed by atoms with Crippen LogP contribution in [-0.4, -0.2) is 9.49 Å². The Kier molecular flexibility index (Phi) is 4.13. The van der Waals surface area contributed by atoms with Gasteiger partial charge in [0.25, 0.3) is 5.70 Å². The summed E-state index contributed by atoms with van der Waals surface area (Å²) in [5, 5.41) is 11.2. The molecule has 0 aliphatic rings. The molecular weight excluding hydrogens is 240 g/mol. The van der Waals surface area contributed by atoms with Crippen LogP contribution in [-0.2, 0) is 13.0 Å². The summed E-state index contributed by atoms with van der Waals surface area (Å²) >= 11 is 0. The number of nitrogens with zero attached hydrogens (tertiary/aromatic N) is 2. The first-order valence-corrected chi connectivity index (χ1v) is 6.24. The van der Waals surface area contributed by atoms with E-state index in [0.29, 0.717) is 6.42 Å². The first-order valence-electron chi connectivity index (χ1n) is 6.24. The lowest BCUT2D eigenvalue weighted by molar-refractivity contribution is -0.425. The molecule has 0 spiro atoms. The summed E-state index contributed by atoms with van der Waals surface area (Å²) < 4.78 is 1.98. The molecule has 0 amide bonds. The van der Waals surface area contributed by atoms with Gasteiger partial charge < -0.3 is 4.57 Å². The Morgan fingerprint density at radius 3 is 2.63 bits per heavy atom. The molecular formula is C15H16N2O2. The van der Waals surface area contributed by atoms with Gasteiger partial charge in [0.1, 0.15) is 0 Å². The topological polar surface area (TPSA) is 48.1 Å². The molecule has 0 unspecified atom stereocenters. The Balaban J connectivity index is 2.28. The van der Waals surface area contributed by atoms with Gasteiger partial charge in [-0.3, -0.25) is 10.1 Å². The van der Waals surface area contributed by atoms with Crippen molar-refractivity contribution in [2.45, 2.75) is 19.9 Å². The van der Waals surface area contributed by atoms with Gasteiger partial charge in [-0.05, 0) is 24.6 Å². The highest BCUT2D eigenvalue weighted by Gasteiger charge is 2.12. The number of hydrogen-bond donors (Lipinski definition) is 0. The molecule has 98 valence electrons. The summed E-state index contributed by atoms with van der Waals surface area (Å²) in [5.41, 5.74) is 2.02. The highest BCUT2D eigenvalue weighted by atomic mass is 16.6. The molecule has 0 aliphatic heterocycles.